The molecule has 4 aromatic rings. The van der Waals surface area contributed by atoms with Crippen molar-refractivity contribution in [2.24, 2.45) is 17.8 Å². The first-order chi connectivity index (χ1) is 22.0. The van der Waals surface area contributed by atoms with Crippen molar-refractivity contribution in [3.8, 4) is 5.75 Å². The highest BCUT2D eigenvalue weighted by Crippen LogP contribution is 2.50. The van der Waals surface area contributed by atoms with Crippen LogP contribution in [0.5, 0.6) is 5.75 Å². The number of nitrogens with zero attached hydrogens (tertiary/aromatic N) is 1. The van der Waals surface area contributed by atoms with E-state index < -0.39 is 5.92 Å². The lowest BCUT2D eigenvalue weighted by Gasteiger charge is -2.30. The molecule has 2 amide bonds. The molecule has 1 aliphatic carbocycles. The van der Waals surface area contributed by atoms with E-state index in [1.165, 1.54) is 16.0 Å². The van der Waals surface area contributed by atoms with Gasteiger partial charge in [-0.2, -0.15) is 0 Å². The van der Waals surface area contributed by atoms with Gasteiger partial charge in [-0.25, -0.2) is 0 Å². The molecule has 0 unspecified atom stereocenters. The fourth-order valence-corrected chi connectivity index (χ4v) is 7.30. The Labute approximate surface area is 263 Å². The van der Waals surface area contributed by atoms with Crippen molar-refractivity contribution >= 4 is 40.5 Å². The van der Waals surface area contributed by atoms with Gasteiger partial charge < -0.3 is 15.2 Å². The van der Waals surface area contributed by atoms with E-state index in [1.54, 1.807) is 6.07 Å². The molecule has 0 bridgehead atoms. The topological polar surface area (TPSA) is 78.9 Å². The molecule has 226 valence electrons. The summed E-state index contributed by atoms with van der Waals surface area (Å²) in [6.07, 6.45) is 3.99. The predicted octanol–water partition coefficient (Wildman–Crippen LogP) is 8.00. The van der Waals surface area contributed by atoms with E-state index in [-0.39, 0.29) is 35.5 Å². The number of hydrogen-bond acceptors (Lipinski definition) is 5. The lowest BCUT2D eigenvalue weighted by Crippen LogP contribution is -2.34. The summed E-state index contributed by atoms with van der Waals surface area (Å²) >= 11 is 0. The van der Waals surface area contributed by atoms with Gasteiger partial charge in [-0.05, 0) is 91.4 Å². The van der Waals surface area contributed by atoms with Gasteiger partial charge in [0.25, 0.3) is 0 Å². The second-order valence-corrected chi connectivity index (χ2v) is 12.2. The molecule has 0 saturated carbocycles. The number of amides is 2. The number of anilines is 3. The molecule has 2 N–H and O–H groups in total. The van der Waals surface area contributed by atoms with Crippen LogP contribution in [0.15, 0.2) is 120 Å². The monoisotopic (exact) mass is 596 g/mol. The van der Waals surface area contributed by atoms with E-state index in [4.69, 9.17) is 4.74 Å². The molecule has 0 aromatic heterocycles. The van der Waals surface area contributed by atoms with Gasteiger partial charge in [-0.15, -0.1) is 0 Å². The summed E-state index contributed by atoms with van der Waals surface area (Å²) in [5, 5.41) is 13.8. The smallest absolute Gasteiger partial charge is 0.238 e. The zero-order valence-corrected chi connectivity index (χ0v) is 25.2. The number of phenols is 1. The van der Waals surface area contributed by atoms with Crippen LogP contribution in [0, 0.1) is 17.8 Å². The Balaban J connectivity index is 1.09. The Morgan fingerprint density at radius 1 is 0.844 bits per heavy atom. The number of benzene rings is 4. The summed E-state index contributed by atoms with van der Waals surface area (Å²) in [6, 6.07) is 34.9. The van der Waals surface area contributed by atoms with Gasteiger partial charge in [0.2, 0.25) is 11.8 Å². The van der Waals surface area contributed by atoms with Gasteiger partial charge in [0, 0.05) is 22.9 Å². The first-order valence-electron chi connectivity index (χ1n) is 15.6. The Bertz CT molecular complexity index is 1780. The van der Waals surface area contributed by atoms with E-state index in [2.05, 4.69) is 24.4 Å². The van der Waals surface area contributed by atoms with Crippen molar-refractivity contribution < 1.29 is 19.4 Å². The first kappa shape index (κ1) is 28.8. The average Bonchev–Trinajstić information content (AvgIpc) is 3.60. The minimum atomic E-state index is -0.409. The van der Waals surface area contributed by atoms with Gasteiger partial charge in [0.1, 0.15) is 5.75 Å². The largest absolute Gasteiger partial charge is 0.507 e. The molecule has 0 spiro atoms. The Hall–Kier alpha value is -4.94. The number of rotatable bonds is 8. The molecule has 0 radical (unpaired) electrons. The standard InChI is InChI=1S/C39H36N2O4/c1-25-22-32-37(39(44)41(38(32)43)31-19-17-30(18-20-31)40-29-13-6-3-7-14-29)33-24-45-35(36(25)33)21-16-27(26-10-4-2-5-11-26)23-28-12-8-9-15-34(28)42/h2-15,17-20,23,32-33,35,37,40,42H,16,21-22,24H2,1H3/b27-23-/t32-,33+,35-,37-/m1/s1. The molecule has 6 nitrogen and oxygen atoms in total. The zero-order chi connectivity index (χ0) is 30.9. The van der Waals surface area contributed by atoms with Crippen molar-refractivity contribution in [3.05, 3.63) is 131 Å². The van der Waals surface area contributed by atoms with Crippen molar-refractivity contribution in [2.45, 2.75) is 32.3 Å². The number of carbonyl (C=O) groups excluding carboxylic acids is 2. The van der Waals surface area contributed by atoms with E-state index in [9.17, 15) is 14.7 Å². The number of hydrogen-bond donors (Lipinski definition) is 2. The summed E-state index contributed by atoms with van der Waals surface area (Å²) in [5.41, 5.74) is 7.81. The number of para-hydroxylation sites is 2. The molecule has 6 heteroatoms. The number of imide groups is 1. The average molecular weight is 597 g/mol. The Kier molecular flexibility index (Phi) is 7.82. The van der Waals surface area contributed by atoms with Gasteiger partial charge >= 0.3 is 0 Å². The molecule has 4 atom stereocenters. The van der Waals surface area contributed by atoms with Crippen LogP contribution in [0.3, 0.4) is 0 Å². The molecular weight excluding hydrogens is 560 g/mol. The molecule has 2 fully saturated rings. The lowest BCUT2D eigenvalue weighted by atomic mass is 9.70. The highest BCUT2D eigenvalue weighted by atomic mass is 16.5. The number of aromatic hydroxyl groups is 1. The summed E-state index contributed by atoms with van der Waals surface area (Å²) < 4.78 is 6.41. The summed E-state index contributed by atoms with van der Waals surface area (Å²) in [6.45, 7) is 2.54. The molecule has 45 heavy (non-hydrogen) atoms. The first-order valence-corrected chi connectivity index (χ1v) is 15.6. The van der Waals surface area contributed by atoms with Crippen molar-refractivity contribution in [1.29, 1.82) is 0 Å². The molecule has 2 heterocycles. The van der Waals surface area contributed by atoms with Crippen LogP contribution in [0.1, 0.15) is 37.3 Å². The molecule has 4 aromatic carbocycles. The van der Waals surface area contributed by atoms with Crippen molar-refractivity contribution in [3.63, 3.8) is 0 Å². The van der Waals surface area contributed by atoms with E-state index in [0.29, 0.717) is 18.7 Å². The summed E-state index contributed by atoms with van der Waals surface area (Å²) in [5.74, 6) is -0.872. The molecule has 7 rings (SSSR count). The fourth-order valence-electron chi connectivity index (χ4n) is 7.30. The maximum atomic E-state index is 13.9. The van der Waals surface area contributed by atoms with Crippen LogP contribution in [0.25, 0.3) is 11.6 Å². The Morgan fingerprint density at radius 2 is 1.51 bits per heavy atom. The number of carbonyl (C=O) groups is 2. The maximum Gasteiger partial charge on any atom is 0.238 e. The number of ether oxygens (including phenoxy) is 1. The molecule has 2 aliphatic heterocycles. The van der Waals surface area contributed by atoms with Crippen LogP contribution in [0.4, 0.5) is 17.1 Å². The zero-order valence-electron chi connectivity index (χ0n) is 25.2. The van der Waals surface area contributed by atoms with Gasteiger partial charge in [-0.1, -0.05) is 72.3 Å². The summed E-state index contributed by atoms with van der Waals surface area (Å²) in [7, 11) is 0. The fraction of sp³-hybridized carbons (Fsp3) is 0.231. The van der Waals surface area contributed by atoms with E-state index in [1.807, 2.05) is 97.1 Å². The van der Waals surface area contributed by atoms with Crippen LogP contribution >= 0.6 is 0 Å². The van der Waals surface area contributed by atoms with Gasteiger partial charge in [0.05, 0.1) is 30.2 Å². The van der Waals surface area contributed by atoms with Crippen LogP contribution in [0.2, 0.25) is 0 Å². The second kappa shape index (κ2) is 12.2. The van der Waals surface area contributed by atoms with Crippen molar-refractivity contribution in [2.75, 3.05) is 16.8 Å². The van der Waals surface area contributed by atoms with Crippen LogP contribution in [-0.4, -0.2) is 29.6 Å². The third kappa shape index (κ3) is 5.58. The predicted molar refractivity (Wildman–Crippen MR) is 178 cm³/mol. The molecule has 3 aliphatic rings. The highest BCUT2D eigenvalue weighted by Gasteiger charge is 2.56. The summed E-state index contributed by atoms with van der Waals surface area (Å²) in [4.78, 5) is 29.1. The maximum absolute atomic E-state index is 13.9. The van der Waals surface area contributed by atoms with Gasteiger partial charge in [-0.3, -0.25) is 14.5 Å². The Morgan fingerprint density at radius 3 is 2.24 bits per heavy atom. The highest BCUT2D eigenvalue weighted by molar-refractivity contribution is 6.22. The molecular formula is C39H36N2O4. The van der Waals surface area contributed by atoms with E-state index in [0.717, 1.165) is 40.9 Å². The quantitative estimate of drug-likeness (QED) is 0.122. The van der Waals surface area contributed by atoms with Gasteiger partial charge in [0.15, 0.2) is 0 Å². The molecule has 2 saturated heterocycles. The third-order valence-corrected chi connectivity index (χ3v) is 9.43. The number of fused-ring (bicyclic) bond motifs is 3. The number of nitrogens with one attached hydrogen (secondary N) is 1. The lowest BCUT2D eigenvalue weighted by molar-refractivity contribution is -0.122. The van der Waals surface area contributed by atoms with Crippen molar-refractivity contribution in [1.82, 2.24) is 0 Å². The van der Waals surface area contributed by atoms with E-state index >= 15 is 0 Å². The third-order valence-electron chi connectivity index (χ3n) is 9.43. The number of allylic oxidation sites excluding steroid dienone is 2. The van der Waals surface area contributed by atoms with Crippen LogP contribution < -0.4 is 10.2 Å². The minimum Gasteiger partial charge on any atom is -0.507 e. The van der Waals surface area contributed by atoms with Crippen LogP contribution in [-0.2, 0) is 14.3 Å². The minimum absolute atomic E-state index is 0.100. The second-order valence-electron chi connectivity index (χ2n) is 12.2. The number of phenolic OH excluding ortho intramolecular Hbond substituents is 1. The normalized spacial score (nSPS) is 22.9. The SMILES string of the molecule is CC1=C2[C@@H](CC/C(=C/c3ccccc3O)c3ccccc3)OC[C@@H]2[C@@H]2C(=O)N(c3ccc(Nc4ccccc4)cc3)C(=O)[C@@H]2C1.